The molecule has 6 nitrogen and oxygen atoms in total. The number of nitrogens with zero attached hydrogens (tertiary/aromatic N) is 1. The van der Waals surface area contributed by atoms with Crippen LogP contribution in [0, 0.1) is 0 Å². The van der Waals surface area contributed by atoms with Crippen LogP contribution in [0.2, 0.25) is 5.02 Å². The Labute approximate surface area is 153 Å². The van der Waals surface area contributed by atoms with Crippen LogP contribution in [0.5, 0.6) is 0 Å². The Morgan fingerprint density at radius 3 is 2.79 bits per heavy atom. The van der Waals surface area contributed by atoms with Gasteiger partial charge in [0.05, 0.1) is 6.04 Å². The normalized spacial score (nSPS) is 17.0. The van der Waals surface area contributed by atoms with E-state index in [9.17, 15) is 9.59 Å². The molecule has 0 spiro atoms. The average molecular weight is 375 g/mol. The third kappa shape index (κ3) is 5.85. The van der Waals surface area contributed by atoms with Crippen LogP contribution >= 0.6 is 24.0 Å². The summed E-state index contributed by atoms with van der Waals surface area (Å²) in [4.78, 5) is 25.0. The van der Waals surface area contributed by atoms with Crippen molar-refractivity contribution in [2.75, 3.05) is 26.2 Å². The molecule has 4 N–H and O–H groups in total. The smallest absolute Gasteiger partial charge is 0.312 e. The highest BCUT2D eigenvalue weighted by atomic mass is 35.5. The lowest BCUT2D eigenvalue weighted by Crippen LogP contribution is -2.48. The fourth-order valence-corrected chi connectivity index (χ4v) is 3.04. The molecule has 134 valence electrons. The molecule has 0 radical (unpaired) electrons. The fourth-order valence-electron chi connectivity index (χ4n) is 2.78. The average Bonchev–Trinajstić information content (AvgIpc) is 2.54. The zero-order valence-electron chi connectivity index (χ0n) is 13.5. The molecule has 1 heterocycles. The van der Waals surface area contributed by atoms with Gasteiger partial charge in [0.2, 0.25) is 5.91 Å². The molecule has 1 unspecified atom stereocenters. The maximum Gasteiger partial charge on any atom is 0.312 e. The summed E-state index contributed by atoms with van der Waals surface area (Å²) in [5, 5.41) is 6.53. The van der Waals surface area contributed by atoms with Crippen LogP contribution in [0.4, 0.5) is 4.79 Å². The van der Waals surface area contributed by atoms with Crippen LogP contribution in [0.1, 0.15) is 30.9 Å². The molecule has 1 atom stereocenters. The summed E-state index contributed by atoms with van der Waals surface area (Å²) in [6, 6.07) is 7.08. The molecular weight excluding hydrogens is 351 g/mol. The second-order valence-corrected chi connectivity index (χ2v) is 5.98. The van der Waals surface area contributed by atoms with E-state index in [0.29, 0.717) is 31.1 Å². The molecule has 0 saturated carbocycles. The molecule has 0 aliphatic carbocycles. The number of primary amides is 1. The van der Waals surface area contributed by atoms with Gasteiger partial charge in [-0.25, -0.2) is 4.79 Å². The monoisotopic (exact) mass is 374 g/mol. The van der Waals surface area contributed by atoms with Gasteiger partial charge in [-0.3, -0.25) is 4.79 Å². The number of nitrogens with two attached hydrogens (primary N) is 1. The minimum atomic E-state index is -0.530. The number of hydrogen-bond acceptors (Lipinski definition) is 3. The summed E-state index contributed by atoms with van der Waals surface area (Å²) in [5.74, 6) is 0.121. The van der Waals surface area contributed by atoms with E-state index in [4.69, 9.17) is 17.3 Å². The van der Waals surface area contributed by atoms with Crippen molar-refractivity contribution in [2.24, 2.45) is 5.73 Å². The number of unbranched alkanes of at least 4 members (excludes halogenated alkanes) is 1. The summed E-state index contributed by atoms with van der Waals surface area (Å²) in [5.41, 5.74) is 5.98. The first-order chi connectivity index (χ1) is 11.1. The van der Waals surface area contributed by atoms with Crippen molar-refractivity contribution in [3.05, 3.63) is 34.9 Å². The summed E-state index contributed by atoms with van der Waals surface area (Å²) < 4.78 is 0. The number of carbonyl (C=O) groups excluding carboxylic acids is 2. The molecule has 1 saturated heterocycles. The van der Waals surface area contributed by atoms with E-state index in [1.54, 1.807) is 0 Å². The topological polar surface area (TPSA) is 87.5 Å². The fraction of sp³-hybridized carbons (Fsp3) is 0.500. The molecule has 2 rings (SSSR count). The van der Waals surface area contributed by atoms with Crippen molar-refractivity contribution in [2.45, 2.75) is 25.3 Å². The SMILES string of the molecule is Cl.NC(=O)NCCCCC(=O)N1CCNCC1c1ccccc1Cl. The minimum absolute atomic E-state index is 0. The lowest BCUT2D eigenvalue weighted by Gasteiger charge is -2.37. The van der Waals surface area contributed by atoms with Crippen LogP contribution < -0.4 is 16.4 Å². The Morgan fingerprint density at radius 1 is 1.33 bits per heavy atom. The lowest BCUT2D eigenvalue weighted by atomic mass is 10.0. The summed E-state index contributed by atoms with van der Waals surface area (Å²) in [7, 11) is 0. The van der Waals surface area contributed by atoms with Crippen molar-refractivity contribution in [3.8, 4) is 0 Å². The molecule has 0 aromatic heterocycles. The van der Waals surface area contributed by atoms with Crippen molar-refractivity contribution in [3.63, 3.8) is 0 Å². The van der Waals surface area contributed by atoms with Gasteiger partial charge in [-0.15, -0.1) is 12.4 Å². The van der Waals surface area contributed by atoms with Gasteiger partial charge in [0.25, 0.3) is 0 Å². The summed E-state index contributed by atoms with van der Waals surface area (Å²) in [6.07, 6.45) is 1.91. The second kappa shape index (κ2) is 10.4. The third-order valence-corrected chi connectivity index (χ3v) is 4.29. The molecule has 1 fully saturated rings. The van der Waals surface area contributed by atoms with Crippen molar-refractivity contribution < 1.29 is 9.59 Å². The number of urea groups is 1. The number of amides is 3. The zero-order valence-corrected chi connectivity index (χ0v) is 15.0. The molecule has 1 aliphatic heterocycles. The standard InChI is InChI=1S/C16H23ClN4O2.ClH/c17-13-6-2-1-5-12(13)14-11-19-9-10-21(14)15(22)7-3-4-8-20-16(18)23;/h1-2,5-6,14,19H,3-4,7-11H2,(H3,18,20,23);1H. The number of nitrogens with one attached hydrogen (secondary N) is 2. The number of benzene rings is 1. The largest absolute Gasteiger partial charge is 0.352 e. The van der Waals surface area contributed by atoms with Gasteiger partial charge in [0.15, 0.2) is 0 Å². The summed E-state index contributed by atoms with van der Waals surface area (Å²) in [6.45, 7) is 2.67. The highest BCUT2D eigenvalue weighted by molar-refractivity contribution is 6.31. The van der Waals surface area contributed by atoms with Crippen LogP contribution in [0.3, 0.4) is 0 Å². The predicted molar refractivity (Wildman–Crippen MR) is 97.5 cm³/mol. The third-order valence-electron chi connectivity index (χ3n) is 3.94. The highest BCUT2D eigenvalue weighted by Crippen LogP contribution is 2.29. The van der Waals surface area contributed by atoms with Crippen molar-refractivity contribution in [1.29, 1.82) is 0 Å². The van der Waals surface area contributed by atoms with Crippen LogP contribution in [-0.2, 0) is 4.79 Å². The molecule has 0 bridgehead atoms. The van der Waals surface area contributed by atoms with Crippen LogP contribution in [0.15, 0.2) is 24.3 Å². The first-order valence-corrected chi connectivity index (χ1v) is 8.25. The Balaban J connectivity index is 0.00000288. The van der Waals surface area contributed by atoms with Crippen LogP contribution in [-0.4, -0.2) is 43.0 Å². The van der Waals surface area contributed by atoms with Gasteiger partial charge in [-0.1, -0.05) is 29.8 Å². The Hall–Kier alpha value is -1.50. The van der Waals surface area contributed by atoms with Gasteiger partial charge < -0.3 is 21.3 Å². The molecule has 3 amide bonds. The molecular formula is C16H24Cl2N4O2. The first-order valence-electron chi connectivity index (χ1n) is 7.87. The van der Waals surface area contributed by atoms with Crippen molar-refractivity contribution >= 4 is 35.9 Å². The predicted octanol–water partition coefficient (Wildman–Crippen LogP) is 2.07. The van der Waals surface area contributed by atoms with Crippen molar-refractivity contribution in [1.82, 2.24) is 15.5 Å². The first kappa shape index (κ1) is 20.5. The number of halogens is 2. The second-order valence-electron chi connectivity index (χ2n) is 5.58. The quantitative estimate of drug-likeness (QED) is 0.666. The van der Waals surface area contributed by atoms with E-state index in [1.165, 1.54) is 0 Å². The molecule has 1 aromatic carbocycles. The van der Waals surface area contributed by atoms with Crippen LogP contribution in [0.25, 0.3) is 0 Å². The van der Waals surface area contributed by atoms with Gasteiger partial charge in [0.1, 0.15) is 0 Å². The van der Waals surface area contributed by atoms with Gasteiger partial charge in [-0.2, -0.15) is 0 Å². The number of piperazine rings is 1. The lowest BCUT2D eigenvalue weighted by molar-refractivity contribution is -0.134. The van der Waals surface area contributed by atoms with E-state index < -0.39 is 6.03 Å². The van der Waals surface area contributed by atoms with E-state index >= 15 is 0 Å². The van der Waals surface area contributed by atoms with Gasteiger partial charge in [-0.05, 0) is 24.5 Å². The minimum Gasteiger partial charge on any atom is -0.352 e. The highest BCUT2D eigenvalue weighted by Gasteiger charge is 2.28. The number of rotatable bonds is 6. The Bertz CT molecular complexity index is 557. The Kier molecular flexibility index (Phi) is 8.89. The molecule has 1 aromatic rings. The molecule has 8 heteroatoms. The van der Waals surface area contributed by atoms with E-state index in [0.717, 1.165) is 24.9 Å². The van der Waals surface area contributed by atoms with Gasteiger partial charge in [0, 0.05) is 37.6 Å². The molecule has 1 aliphatic rings. The maximum absolute atomic E-state index is 12.5. The Morgan fingerprint density at radius 2 is 2.08 bits per heavy atom. The number of hydrogen-bond donors (Lipinski definition) is 3. The van der Waals surface area contributed by atoms with Gasteiger partial charge >= 0.3 is 6.03 Å². The number of carbonyl (C=O) groups is 2. The summed E-state index contributed by atoms with van der Waals surface area (Å²) >= 11 is 6.29. The molecule has 24 heavy (non-hydrogen) atoms. The van der Waals surface area contributed by atoms with E-state index in [2.05, 4.69) is 10.6 Å². The maximum atomic E-state index is 12.5. The zero-order chi connectivity index (χ0) is 16.7. The van der Waals surface area contributed by atoms with E-state index in [1.807, 2.05) is 29.2 Å². The van der Waals surface area contributed by atoms with E-state index in [-0.39, 0.29) is 24.4 Å².